The van der Waals surface area contributed by atoms with Crippen LogP contribution in [0.1, 0.15) is 33.6 Å². The molecule has 0 unspecified atom stereocenters. The van der Waals surface area contributed by atoms with E-state index in [4.69, 9.17) is 23.7 Å². The van der Waals surface area contributed by atoms with Gasteiger partial charge in [0.1, 0.15) is 12.4 Å². The predicted octanol–water partition coefficient (Wildman–Crippen LogP) is 1.90. The van der Waals surface area contributed by atoms with E-state index in [-0.39, 0.29) is 17.2 Å². The largest absolute Gasteiger partial charge is 0.491 e. The third kappa shape index (κ3) is 4.43. The quantitative estimate of drug-likeness (QED) is 0.689. The molecule has 2 aliphatic rings. The highest BCUT2D eigenvalue weighted by Gasteiger charge is 2.41. The first-order valence-electron chi connectivity index (χ1n) is 8.62. The second kappa shape index (κ2) is 8.55. The maximum atomic E-state index is 12.0. The maximum absolute atomic E-state index is 12.0. The number of nitrogens with one attached hydrogen (secondary N) is 1. The summed E-state index contributed by atoms with van der Waals surface area (Å²) >= 11 is 3.38. The van der Waals surface area contributed by atoms with Gasteiger partial charge in [0.15, 0.2) is 5.79 Å². The fourth-order valence-electron chi connectivity index (χ4n) is 3.31. The van der Waals surface area contributed by atoms with Crippen molar-refractivity contribution in [3.05, 3.63) is 27.7 Å². The van der Waals surface area contributed by atoms with Gasteiger partial charge in [-0.2, -0.15) is 0 Å². The zero-order valence-electron chi connectivity index (χ0n) is 15.2. The Morgan fingerprint density at radius 1 is 1.19 bits per heavy atom. The Morgan fingerprint density at radius 2 is 1.81 bits per heavy atom. The zero-order chi connectivity index (χ0) is 19.4. The van der Waals surface area contributed by atoms with E-state index in [1.165, 1.54) is 26.4 Å². The zero-order valence-corrected chi connectivity index (χ0v) is 16.8. The first kappa shape index (κ1) is 20.1. The van der Waals surface area contributed by atoms with Crippen molar-refractivity contribution < 1.29 is 33.3 Å². The van der Waals surface area contributed by atoms with E-state index in [1.54, 1.807) is 0 Å². The van der Waals surface area contributed by atoms with Crippen molar-refractivity contribution in [2.24, 2.45) is 0 Å². The van der Waals surface area contributed by atoms with Crippen molar-refractivity contribution in [2.45, 2.75) is 24.7 Å². The first-order valence-corrected chi connectivity index (χ1v) is 9.41. The normalized spacial score (nSPS) is 21.1. The molecule has 3 rings (SSSR count). The number of hydrogen-bond acceptors (Lipinski definition) is 8. The summed E-state index contributed by atoms with van der Waals surface area (Å²) in [4.78, 5) is 24.0. The third-order valence-corrected chi connectivity index (χ3v) is 5.25. The monoisotopic (exact) mass is 443 g/mol. The van der Waals surface area contributed by atoms with Crippen molar-refractivity contribution in [3.8, 4) is 5.75 Å². The molecule has 2 heterocycles. The highest BCUT2D eigenvalue weighted by molar-refractivity contribution is 9.10. The van der Waals surface area contributed by atoms with Crippen molar-refractivity contribution in [1.82, 2.24) is 5.32 Å². The van der Waals surface area contributed by atoms with Crippen LogP contribution in [0.3, 0.4) is 0 Å². The Balaban J connectivity index is 1.74. The lowest BCUT2D eigenvalue weighted by Crippen LogP contribution is -2.51. The van der Waals surface area contributed by atoms with E-state index in [0.717, 1.165) is 13.0 Å². The molecule has 148 valence electrons. The number of carbonyl (C=O) groups is 2. The highest BCUT2D eigenvalue weighted by atomic mass is 79.9. The summed E-state index contributed by atoms with van der Waals surface area (Å²) in [5.74, 6) is -1.37. The van der Waals surface area contributed by atoms with Gasteiger partial charge in [-0.1, -0.05) is 0 Å². The molecule has 2 fully saturated rings. The smallest absolute Gasteiger partial charge is 0.338 e. The van der Waals surface area contributed by atoms with Crippen molar-refractivity contribution in [2.75, 3.05) is 40.6 Å². The van der Waals surface area contributed by atoms with E-state index in [0.29, 0.717) is 36.5 Å². The van der Waals surface area contributed by atoms with Crippen LogP contribution in [0, 0.1) is 0 Å². The number of halogens is 1. The Hall–Kier alpha value is -1.68. The number of hydrogen-bond donors (Lipinski definition) is 1. The van der Waals surface area contributed by atoms with E-state index in [9.17, 15) is 9.59 Å². The van der Waals surface area contributed by atoms with Crippen LogP contribution >= 0.6 is 15.9 Å². The standard InChI is InChI=1S/C18H22BrNO7/c1-23-16(21)12-7-14(19)15(8-13(12)17(22)24-2)25-10-11-9-18(3-4-20-11)26-5-6-27-18/h7-8,11,20H,3-6,9-10H2,1-2H3/t11-/m0/s1. The lowest BCUT2D eigenvalue weighted by atomic mass is 9.98. The van der Waals surface area contributed by atoms with E-state index < -0.39 is 17.7 Å². The number of methoxy groups -OCH3 is 2. The number of piperidine rings is 1. The summed E-state index contributed by atoms with van der Waals surface area (Å²) in [6, 6.07) is 3.00. The lowest BCUT2D eigenvalue weighted by Gasteiger charge is -2.36. The van der Waals surface area contributed by atoms with Gasteiger partial charge in [-0.25, -0.2) is 9.59 Å². The minimum Gasteiger partial charge on any atom is -0.491 e. The molecule has 1 aromatic rings. The number of rotatable bonds is 5. The van der Waals surface area contributed by atoms with Gasteiger partial charge in [-0.05, 0) is 28.1 Å². The summed E-state index contributed by atoms with van der Waals surface area (Å²) in [6.45, 7) is 2.34. The fourth-order valence-corrected chi connectivity index (χ4v) is 3.76. The third-order valence-electron chi connectivity index (χ3n) is 4.63. The average Bonchev–Trinajstić information content (AvgIpc) is 3.12. The molecule has 27 heavy (non-hydrogen) atoms. The molecule has 0 amide bonds. The molecular formula is C18H22BrNO7. The molecule has 9 heteroatoms. The van der Waals surface area contributed by atoms with Gasteiger partial charge >= 0.3 is 11.9 Å². The second-order valence-corrected chi connectivity index (χ2v) is 7.19. The Labute approximate surface area is 165 Å². The molecule has 1 aromatic carbocycles. The number of carbonyl (C=O) groups excluding carboxylic acids is 2. The van der Waals surface area contributed by atoms with Gasteiger partial charge in [-0.15, -0.1) is 0 Å². The van der Waals surface area contributed by atoms with Gasteiger partial charge in [0.05, 0.1) is 43.0 Å². The molecule has 2 saturated heterocycles. The summed E-state index contributed by atoms with van der Waals surface area (Å²) in [7, 11) is 2.50. The van der Waals surface area contributed by atoms with Gasteiger partial charge in [0.25, 0.3) is 0 Å². The first-order chi connectivity index (χ1) is 13.0. The average molecular weight is 444 g/mol. The molecule has 0 aliphatic carbocycles. The minimum atomic E-state index is -0.643. The molecular weight excluding hydrogens is 422 g/mol. The molecule has 0 aromatic heterocycles. The topological polar surface area (TPSA) is 92.3 Å². The maximum Gasteiger partial charge on any atom is 0.338 e. The van der Waals surface area contributed by atoms with E-state index >= 15 is 0 Å². The van der Waals surface area contributed by atoms with Crippen molar-refractivity contribution in [1.29, 1.82) is 0 Å². The van der Waals surface area contributed by atoms with Gasteiger partial charge in [-0.3, -0.25) is 0 Å². The van der Waals surface area contributed by atoms with Crippen LogP contribution in [0.25, 0.3) is 0 Å². The molecule has 0 saturated carbocycles. The van der Waals surface area contributed by atoms with Crippen molar-refractivity contribution >= 4 is 27.9 Å². The van der Waals surface area contributed by atoms with Crippen LogP contribution in [0.2, 0.25) is 0 Å². The van der Waals surface area contributed by atoms with Crippen LogP contribution in [-0.4, -0.2) is 64.4 Å². The molecule has 0 bridgehead atoms. The molecule has 2 aliphatic heterocycles. The summed E-state index contributed by atoms with van der Waals surface area (Å²) in [5, 5.41) is 3.38. The number of ether oxygens (including phenoxy) is 5. The van der Waals surface area contributed by atoms with Gasteiger partial charge in [0, 0.05) is 25.4 Å². The van der Waals surface area contributed by atoms with Gasteiger partial charge in [0.2, 0.25) is 0 Å². The Kier molecular flexibility index (Phi) is 6.36. The van der Waals surface area contributed by atoms with Gasteiger partial charge < -0.3 is 29.0 Å². The van der Waals surface area contributed by atoms with Crippen LogP contribution in [-0.2, 0) is 18.9 Å². The summed E-state index contributed by atoms with van der Waals surface area (Å²) in [5.41, 5.74) is 0.184. The SMILES string of the molecule is COC(=O)c1cc(Br)c(OC[C@@H]2CC3(CCN2)OCCO3)cc1C(=O)OC. The Morgan fingerprint density at radius 3 is 2.44 bits per heavy atom. The van der Waals surface area contributed by atoms with Crippen LogP contribution in [0.4, 0.5) is 0 Å². The molecule has 1 spiro atoms. The van der Waals surface area contributed by atoms with Crippen molar-refractivity contribution in [3.63, 3.8) is 0 Å². The van der Waals surface area contributed by atoms with Crippen LogP contribution < -0.4 is 10.1 Å². The lowest BCUT2D eigenvalue weighted by molar-refractivity contribution is -0.181. The Bertz CT molecular complexity index is 718. The molecule has 0 radical (unpaired) electrons. The molecule has 1 N–H and O–H groups in total. The van der Waals surface area contributed by atoms with Crippen LogP contribution in [0.15, 0.2) is 16.6 Å². The molecule has 1 atom stereocenters. The molecule has 8 nitrogen and oxygen atoms in total. The predicted molar refractivity (Wildman–Crippen MR) is 98.0 cm³/mol. The van der Waals surface area contributed by atoms with E-state index in [2.05, 4.69) is 21.2 Å². The number of esters is 2. The van der Waals surface area contributed by atoms with Crippen LogP contribution in [0.5, 0.6) is 5.75 Å². The fraction of sp³-hybridized carbons (Fsp3) is 0.556. The highest BCUT2D eigenvalue weighted by Crippen LogP contribution is 2.33. The second-order valence-electron chi connectivity index (χ2n) is 6.34. The summed E-state index contributed by atoms with van der Waals surface area (Å²) in [6.07, 6.45) is 1.47. The summed E-state index contributed by atoms with van der Waals surface area (Å²) < 4.78 is 27.5. The number of benzene rings is 1. The van der Waals surface area contributed by atoms with E-state index in [1.807, 2.05) is 0 Å². The minimum absolute atomic E-state index is 0.0330.